The topological polar surface area (TPSA) is 54.6 Å². The molecule has 19 heavy (non-hydrogen) atoms. The summed E-state index contributed by atoms with van der Waals surface area (Å²) in [5, 5.41) is 20.6. The van der Waals surface area contributed by atoms with Crippen LogP contribution in [0.5, 0.6) is 11.8 Å². The van der Waals surface area contributed by atoms with Gasteiger partial charge in [-0.3, -0.25) is 4.57 Å². The molecule has 2 aliphatic rings. The lowest BCUT2D eigenvalue weighted by Gasteiger charge is -2.10. The molecule has 0 saturated carbocycles. The molecule has 4 rings (SSSR count). The minimum Gasteiger partial charge on any atom is -0.494 e. The van der Waals surface area contributed by atoms with E-state index in [4.69, 9.17) is 4.74 Å². The Hall–Kier alpha value is -2.20. The number of rotatable bonds is 2. The summed E-state index contributed by atoms with van der Waals surface area (Å²) in [5.74, 6) is 0.210. The van der Waals surface area contributed by atoms with Gasteiger partial charge in [0.2, 0.25) is 11.8 Å². The van der Waals surface area contributed by atoms with Gasteiger partial charge in [0.05, 0.1) is 17.7 Å². The summed E-state index contributed by atoms with van der Waals surface area (Å²) in [7, 11) is 0. The molecule has 2 aliphatic heterocycles. The van der Waals surface area contributed by atoms with E-state index in [1.165, 1.54) is 4.57 Å². The van der Waals surface area contributed by atoms with E-state index in [9.17, 15) is 10.2 Å². The van der Waals surface area contributed by atoms with Crippen molar-refractivity contribution in [1.82, 2.24) is 4.57 Å². The fourth-order valence-corrected chi connectivity index (χ4v) is 2.89. The second-order valence-electron chi connectivity index (χ2n) is 4.91. The third-order valence-corrected chi connectivity index (χ3v) is 3.79. The maximum absolute atomic E-state index is 10.3. The first-order valence-corrected chi connectivity index (χ1v) is 6.27. The van der Waals surface area contributed by atoms with Crippen molar-refractivity contribution in [3.05, 3.63) is 59.2 Å². The van der Waals surface area contributed by atoms with Crippen LogP contribution in [0.15, 0.2) is 42.5 Å². The van der Waals surface area contributed by atoms with Crippen molar-refractivity contribution in [2.45, 2.75) is 18.8 Å². The molecule has 0 spiro atoms. The molecule has 2 bridgehead atoms. The summed E-state index contributed by atoms with van der Waals surface area (Å²) in [6, 6.07) is 9.75. The van der Waals surface area contributed by atoms with Gasteiger partial charge < -0.3 is 14.9 Å². The highest BCUT2D eigenvalue weighted by molar-refractivity contribution is 5.55. The van der Waals surface area contributed by atoms with E-state index in [2.05, 4.69) is 0 Å². The highest BCUT2D eigenvalue weighted by Crippen LogP contribution is 2.54. The van der Waals surface area contributed by atoms with E-state index in [0.717, 1.165) is 5.56 Å². The molecule has 0 aliphatic carbocycles. The smallest absolute Gasteiger partial charge is 0.200 e. The third-order valence-electron chi connectivity index (χ3n) is 3.79. The maximum atomic E-state index is 10.3. The summed E-state index contributed by atoms with van der Waals surface area (Å²) in [5.41, 5.74) is 2.45. The Morgan fingerprint density at radius 2 is 1.53 bits per heavy atom. The first kappa shape index (κ1) is 10.7. The zero-order valence-electron chi connectivity index (χ0n) is 10.2. The van der Waals surface area contributed by atoms with Crippen molar-refractivity contribution in [2.75, 3.05) is 0 Å². The fraction of sp³-hybridized carbons (Fsp3) is 0.200. The van der Waals surface area contributed by atoms with Gasteiger partial charge in [0.1, 0.15) is 12.2 Å². The van der Waals surface area contributed by atoms with Gasteiger partial charge in [-0.2, -0.15) is 0 Å². The van der Waals surface area contributed by atoms with Gasteiger partial charge in [0.15, 0.2) is 0 Å². The van der Waals surface area contributed by atoms with Crippen LogP contribution in [0, 0.1) is 0 Å². The Kier molecular flexibility index (Phi) is 2.05. The van der Waals surface area contributed by atoms with E-state index < -0.39 is 0 Å². The van der Waals surface area contributed by atoms with Crippen molar-refractivity contribution in [3.63, 3.8) is 0 Å². The van der Waals surface area contributed by atoms with Crippen LogP contribution in [0.3, 0.4) is 0 Å². The lowest BCUT2D eigenvalue weighted by Crippen LogP contribution is -2.00. The number of benzene rings is 1. The SMILES string of the molecule is Oc1c2c(c(O)n1Cc1ccccc1)[C@H]1C=CC2O1. The number of aromatic nitrogens is 1. The number of ether oxygens (including phenoxy) is 1. The van der Waals surface area contributed by atoms with Crippen LogP contribution in [-0.4, -0.2) is 14.8 Å². The van der Waals surface area contributed by atoms with Gasteiger partial charge >= 0.3 is 0 Å². The number of nitrogens with zero attached hydrogens (tertiary/aromatic N) is 1. The number of aromatic hydroxyl groups is 2. The molecule has 0 saturated heterocycles. The fourth-order valence-electron chi connectivity index (χ4n) is 2.89. The van der Waals surface area contributed by atoms with Crippen molar-refractivity contribution in [1.29, 1.82) is 0 Å². The van der Waals surface area contributed by atoms with Crippen LogP contribution in [-0.2, 0) is 11.3 Å². The van der Waals surface area contributed by atoms with E-state index >= 15 is 0 Å². The van der Waals surface area contributed by atoms with E-state index in [-0.39, 0.29) is 24.0 Å². The molecule has 96 valence electrons. The molecule has 0 radical (unpaired) electrons. The molecular weight excluding hydrogens is 242 g/mol. The van der Waals surface area contributed by atoms with Gasteiger partial charge in [0.25, 0.3) is 0 Å². The largest absolute Gasteiger partial charge is 0.494 e. The average Bonchev–Trinajstić information content (AvgIpc) is 3.10. The van der Waals surface area contributed by atoms with Gasteiger partial charge in [-0.1, -0.05) is 42.5 Å². The predicted molar refractivity (Wildman–Crippen MR) is 69.0 cm³/mol. The molecule has 0 fully saturated rings. The number of hydrogen-bond acceptors (Lipinski definition) is 3. The van der Waals surface area contributed by atoms with Gasteiger partial charge in [-0.05, 0) is 5.56 Å². The van der Waals surface area contributed by atoms with Crippen molar-refractivity contribution in [2.24, 2.45) is 0 Å². The van der Waals surface area contributed by atoms with Gasteiger partial charge in [-0.15, -0.1) is 0 Å². The minimum atomic E-state index is -0.220. The Bertz CT molecular complexity index is 637. The Morgan fingerprint density at radius 3 is 2.11 bits per heavy atom. The summed E-state index contributed by atoms with van der Waals surface area (Å²) in [6.45, 7) is 0.449. The summed E-state index contributed by atoms with van der Waals surface area (Å²) in [4.78, 5) is 0. The average molecular weight is 255 g/mol. The normalized spacial score (nSPS) is 22.9. The third kappa shape index (κ3) is 1.37. The highest BCUT2D eigenvalue weighted by Gasteiger charge is 2.42. The quantitative estimate of drug-likeness (QED) is 0.811. The molecule has 2 aromatic rings. The molecule has 4 heteroatoms. The number of hydrogen-bond donors (Lipinski definition) is 2. The molecular formula is C15H13NO3. The molecule has 3 heterocycles. The van der Waals surface area contributed by atoms with Crippen molar-refractivity contribution in [3.8, 4) is 11.8 Å². The molecule has 0 amide bonds. The minimum absolute atomic E-state index is 0.105. The summed E-state index contributed by atoms with van der Waals surface area (Å²) in [6.07, 6.45) is 3.39. The molecule has 4 nitrogen and oxygen atoms in total. The first-order chi connectivity index (χ1) is 9.25. The van der Waals surface area contributed by atoms with Crippen molar-refractivity contribution < 1.29 is 14.9 Å². The predicted octanol–water partition coefficient (Wildman–Crippen LogP) is 2.63. The van der Waals surface area contributed by atoms with Crippen LogP contribution in [0.1, 0.15) is 28.9 Å². The first-order valence-electron chi connectivity index (χ1n) is 6.27. The number of fused-ring (bicyclic) bond motifs is 5. The van der Waals surface area contributed by atoms with Crippen LogP contribution < -0.4 is 0 Å². The summed E-state index contributed by atoms with van der Waals surface area (Å²) >= 11 is 0. The van der Waals surface area contributed by atoms with Crippen molar-refractivity contribution >= 4 is 0 Å². The second-order valence-corrected chi connectivity index (χ2v) is 4.91. The zero-order chi connectivity index (χ0) is 13.0. The molecule has 1 aromatic heterocycles. The van der Waals surface area contributed by atoms with Crippen LogP contribution in [0.4, 0.5) is 0 Å². The van der Waals surface area contributed by atoms with Gasteiger partial charge in [-0.25, -0.2) is 0 Å². The van der Waals surface area contributed by atoms with Crippen LogP contribution in [0.2, 0.25) is 0 Å². The zero-order valence-corrected chi connectivity index (χ0v) is 10.2. The lowest BCUT2D eigenvalue weighted by atomic mass is 10.0. The standard InChI is InChI=1S/C15H13NO3/c17-14-12-10-6-7-11(19-10)13(12)15(18)16(14)8-9-4-2-1-3-5-9/h1-7,10-11,17-18H,8H2/t10-,11?/m1/s1. The lowest BCUT2D eigenvalue weighted by molar-refractivity contribution is 0.0838. The maximum Gasteiger partial charge on any atom is 0.200 e. The monoisotopic (exact) mass is 255 g/mol. The molecule has 1 unspecified atom stereocenters. The second kappa shape index (κ2) is 3.65. The van der Waals surface area contributed by atoms with E-state index in [1.807, 2.05) is 42.5 Å². The van der Waals surface area contributed by atoms with E-state index in [0.29, 0.717) is 17.7 Å². The Morgan fingerprint density at radius 1 is 0.947 bits per heavy atom. The molecule has 1 aromatic carbocycles. The Labute approximate surface area is 110 Å². The van der Waals surface area contributed by atoms with Crippen LogP contribution in [0.25, 0.3) is 0 Å². The summed E-state index contributed by atoms with van der Waals surface area (Å²) < 4.78 is 7.14. The Balaban J connectivity index is 1.79. The molecule has 2 atom stereocenters. The van der Waals surface area contributed by atoms with Gasteiger partial charge in [0, 0.05) is 0 Å². The molecule has 2 N–H and O–H groups in total. The van der Waals surface area contributed by atoms with E-state index in [1.54, 1.807) is 0 Å². The van der Waals surface area contributed by atoms with Crippen LogP contribution >= 0.6 is 0 Å². The highest BCUT2D eigenvalue weighted by atomic mass is 16.5.